The van der Waals surface area contributed by atoms with Crippen LogP contribution in [0.5, 0.6) is 11.5 Å². The highest BCUT2D eigenvalue weighted by Crippen LogP contribution is 2.43. The third-order valence-corrected chi connectivity index (χ3v) is 6.41. The highest BCUT2D eigenvalue weighted by Gasteiger charge is 2.18. The van der Waals surface area contributed by atoms with Crippen molar-refractivity contribution in [2.45, 2.75) is 9.79 Å². The Morgan fingerprint density at radius 3 is 2.47 bits per heavy atom. The molecule has 0 saturated carbocycles. The van der Waals surface area contributed by atoms with Crippen molar-refractivity contribution < 1.29 is 9.47 Å². The smallest absolute Gasteiger partial charge is 0.159 e. The molecule has 0 saturated heterocycles. The number of ether oxygens (including phenoxy) is 2. The van der Waals surface area contributed by atoms with E-state index in [0.29, 0.717) is 44.0 Å². The van der Waals surface area contributed by atoms with E-state index < -0.39 is 0 Å². The Kier molecular flexibility index (Phi) is 6.61. The van der Waals surface area contributed by atoms with E-state index in [4.69, 9.17) is 32.7 Å². The van der Waals surface area contributed by atoms with Gasteiger partial charge in [-0.25, -0.2) is 0 Å². The van der Waals surface area contributed by atoms with E-state index in [2.05, 4.69) is 16.4 Å². The first kappa shape index (κ1) is 22.1. The van der Waals surface area contributed by atoms with Crippen LogP contribution in [0, 0.1) is 11.3 Å². The summed E-state index contributed by atoms with van der Waals surface area (Å²) in [6, 6.07) is 19.3. The highest BCUT2D eigenvalue weighted by molar-refractivity contribution is 7.99. The van der Waals surface area contributed by atoms with Crippen molar-refractivity contribution in [1.29, 1.82) is 5.26 Å². The normalized spacial score (nSPS) is 10.6. The van der Waals surface area contributed by atoms with E-state index in [9.17, 15) is 5.26 Å². The average molecular weight is 482 g/mol. The fraction of sp³-hybridized carbons (Fsp3) is 0.0833. The van der Waals surface area contributed by atoms with Crippen molar-refractivity contribution >= 4 is 57.2 Å². The predicted molar refractivity (Wildman–Crippen MR) is 130 cm³/mol. The number of nitrogens with one attached hydrogen (secondary N) is 1. The lowest BCUT2D eigenvalue weighted by molar-refractivity contribution is 0.409. The standard InChI is InChI=1S/C24H17Cl2N3O2S/c1-30-20-11-19(17(25)10-18(20)26)29-22-14(12-27)13-28-23-16(22)8-9-21(24(23)31-2)32-15-6-4-3-5-7-15/h3-11,13H,1-2H3,(H,28,29). The maximum absolute atomic E-state index is 9.70. The van der Waals surface area contributed by atoms with E-state index in [-0.39, 0.29) is 0 Å². The maximum Gasteiger partial charge on any atom is 0.159 e. The van der Waals surface area contributed by atoms with Crippen LogP contribution in [-0.4, -0.2) is 19.2 Å². The molecule has 0 bridgehead atoms. The van der Waals surface area contributed by atoms with Gasteiger partial charge in [-0.3, -0.25) is 4.98 Å². The number of nitrogens with zero attached hydrogens (tertiary/aromatic N) is 2. The fourth-order valence-electron chi connectivity index (χ4n) is 3.25. The van der Waals surface area contributed by atoms with E-state index in [1.165, 1.54) is 13.3 Å². The molecule has 0 spiro atoms. The average Bonchev–Trinajstić information content (AvgIpc) is 2.81. The van der Waals surface area contributed by atoms with E-state index in [1.54, 1.807) is 31.0 Å². The summed E-state index contributed by atoms with van der Waals surface area (Å²) in [4.78, 5) is 6.52. The van der Waals surface area contributed by atoms with Crippen LogP contribution < -0.4 is 14.8 Å². The summed E-state index contributed by atoms with van der Waals surface area (Å²) in [5.41, 5.74) is 2.12. The number of pyridine rings is 1. The Morgan fingerprint density at radius 1 is 1.00 bits per heavy atom. The van der Waals surface area contributed by atoms with Gasteiger partial charge in [0.25, 0.3) is 0 Å². The number of aromatic nitrogens is 1. The largest absolute Gasteiger partial charge is 0.495 e. The molecule has 1 N–H and O–H groups in total. The van der Waals surface area contributed by atoms with Crippen molar-refractivity contribution in [1.82, 2.24) is 4.98 Å². The molecule has 0 atom stereocenters. The van der Waals surface area contributed by atoms with Gasteiger partial charge in [0.2, 0.25) is 0 Å². The van der Waals surface area contributed by atoms with Crippen LogP contribution in [0.3, 0.4) is 0 Å². The van der Waals surface area contributed by atoms with Gasteiger partial charge in [0, 0.05) is 22.5 Å². The number of fused-ring (bicyclic) bond motifs is 1. The molecule has 0 aliphatic rings. The number of benzene rings is 3. The topological polar surface area (TPSA) is 67.2 Å². The number of hydrogen-bond acceptors (Lipinski definition) is 6. The molecule has 0 aliphatic heterocycles. The molecule has 0 unspecified atom stereocenters. The van der Waals surface area contributed by atoms with Crippen LogP contribution in [-0.2, 0) is 0 Å². The van der Waals surface area contributed by atoms with Crippen molar-refractivity contribution in [3.8, 4) is 17.6 Å². The minimum absolute atomic E-state index is 0.369. The summed E-state index contributed by atoms with van der Waals surface area (Å²) in [7, 11) is 3.13. The molecule has 4 aromatic rings. The summed E-state index contributed by atoms with van der Waals surface area (Å²) in [6.45, 7) is 0. The second kappa shape index (κ2) is 9.58. The molecule has 32 heavy (non-hydrogen) atoms. The second-order valence-corrected chi connectivity index (χ2v) is 8.59. The van der Waals surface area contributed by atoms with Crippen LogP contribution in [0.1, 0.15) is 5.56 Å². The molecule has 3 aromatic carbocycles. The van der Waals surface area contributed by atoms with E-state index >= 15 is 0 Å². The Morgan fingerprint density at radius 2 is 1.78 bits per heavy atom. The van der Waals surface area contributed by atoms with Crippen LogP contribution in [0.2, 0.25) is 10.0 Å². The van der Waals surface area contributed by atoms with E-state index in [1.807, 2.05) is 42.5 Å². The van der Waals surface area contributed by atoms with Gasteiger partial charge in [0.05, 0.1) is 46.1 Å². The fourth-order valence-corrected chi connectivity index (χ4v) is 4.71. The molecule has 160 valence electrons. The maximum atomic E-state index is 9.70. The number of nitriles is 1. The zero-order valence-corrected chi connectivity index (χ0v) is 19.5. The first-order valence-corrected chi connectivity index (χ1v) is 11.1. The number of anilines is 2. The van der Waals surface area contributed by atoms with Crippen molar-refractivity contribution in [2.75, 3.05) is 19.5 Å². The first-order valence-electron chi connectivity index (χ1n) is 9.48. The molecular formula is C24H17Cl2N3O2S. The quantitative estimate of drug-likeness (QED) is 0.311. The van der Waals surface area contributed by atoms with Crippen molar-refractivity contribution in [2.24, 2.45) is 0 Å². The lowest BCUT2D eigenvalue weighted by Gasteiger charge is -2.17. The van der Waals surface area contributed by atoms with Gasteiger partial charge < -0.3 is 14.8 Å². The SMILES string of the molecule is COc1cc(Nc2c(C#N)cnc3c(OC)c(Sc4ccccc4)ccc23)c(Cl)cc1Cl. The third-order valence-electron chi connectivity index (χ3n) is 4.75. The third kappa shape index (κ3) is 4.28. The van der Waals surface area contributed by atoms with Crippen molar-refractivity contribution in [3.05, 3.63) is 76.4 Å². The van der Waals surface area contributed by atoms with Gasteiger partial charge in [-0.15, -0.1) is 0 Å². The molecule has 1 heterocycles. The van der Waals surface area contributed by atoms with E-state index in [0.717, 1.165) is 15.2 Å². The molecule has 0 radical (unpaired) electrons. The number of halogens is 2. The van der Waals surface area contributed by atoms with Crippen molar-refractivity contribution in [3.63, 3.8) is 0 Å². The molecule has 0 aliphatic carbocycles. The zero-order valence-electron chi connectivity index (χ0n) is 17.1. The molecule has 8 heteroatoms. The molecule has 0 amide bonds. The van der Waals surface area contributed by atoms with Gasteiger partial charge in [-0.1, -0.05) is 53.2 Å². The molecule has 4 rings (SSSR count). The number of rotatable bonds is 6. The lowest BCUT2D eigenvalue weighted by atomic mass is 10.1. The van der Waals surface area contributed by atoms with Crippen LogP contribution in [0.4, 0.5) is 11.4 Å². The monoisotopic (exact) mass is 481 g/mol. The number of methoxy groups -OCH3 is 2. The van der Waals surface area contributed by atoms with Crippen LogP contribution in [0.15, 0.2) is 70.6 Å². The minimum atomic E-state index is 0.369. The van der Waals surface area contributed by atoms with Gasteiger partial charge in [0.15, 0.2) is 5.75 Å². The lowest BCUT2D eigenvalue weighted by Crippen LogP contribution is -2.00. The molecule has 0 fully saturated rings. The Balaban J connectivity index is 1.85. The second-order valence-electron chi connectivity index (χ2n) is 6.66. The summed E-state index contributed by atoms with van der Waals surface area (Å²) < 4.78 is 11.0. The zero-order chi connectivity index (χ0) is 22.7. The van der Waals surface area contributed by atoms with Crippen LogP contribution in [0.25, 0.3) is 10.9 Å². The van der Waals surface area contributed by atoms with Gasteiger partial charge in [0.1, 0.15) is 17.3 Å². The Labute approximate surface area is 199 Å². The predicted octanol–water partition coefficient (Wildman–Crippen LogP) is 7.33. The van der Waals surface area contributed by atoms with Gasteiger partial charge >= 0.3 is 0 Å². The van der Waals surface area contributed by atoms with Gasteiger partial charge in [-0.05, 0) is 30.3 Å². The van der Waals surface area contributed by atoms with Crippen LogP contribution >= 0.6 is 35.0 Å². The molecule has 5 nitrogen and oxygen atoms in total. The highest BCUT2D eigenvalue weighted by atomic mass is 35.5. The Bertz CT molecular complexity index is 1340. The summed E-state index contributed by atoms with van der Waals surface area (Å²) >= 11 is 14.1. The molecule has 1 aromatic heterocycles. The Hall–Kier alpha value is -3.11. The first-order chi connectivity index (χ1) is 15.5. The molecular weight excluding hydrogens is 465 g/mol. The summed E-state index contributed by atoms with van der Waals surface area (Å²) in [5, 5.41) is 14.5. The summed E-state index contributed by atoms with van der Waals surface area (Å²) in [5.74, 6) is 1.10. The van der Waals surface area contributed by atoms with Gasteiger partial charge in [-0.2, -0.15) is 5.26 Å². The number of hydrogen-bond donors (Lipinski definition) is 1. The minimum Gasteiger partial charge on any atom is -0.495 e. The summed E-state index contributed by atoms with van der Waals surface area (Å²) in [6.07, 6.45) is 1.52.